The minimum atomic E-state index is -0.994. The molecule has 0 fully saturated rings. The predicted molar refractivity (Wildman–Crippen MR) is 106 cm³/mol. The first-order valence-corrected chi connectivity index (χ1v) is 9.83. The highest BCUT2D eigenvalue weighted by Gasteiger charge is 2.30. The zero-order valence-electron chi connectivity index (χ0n) is 15.8. The minimum Gasteiger partial charge on any atom is -0.452 e. The van der Waals surface area contributed by atoms with E-state index in [1.54, 1.807) is 16.9 Å². The van der Waals surface area contributed by atoms with Gasteiger partial charge in [0.2, 0.25) is 5.91 Å². The molecular formula is C19H22N4O4S. The summed E-state index contributed by atoms with van der Waals surface area (Å²) >= 11 is 1.31. The van der Waals surface area contributed by atoms with E-state index in [0.717, 1.165) is 10.6 Å². The van der Waals surface area contributed by atoms with E-state index >= 15 is 0 Å². The van der Waals surface area contributed by atoms with Gasteiger partial charge in [0.05, 0.1) is 23.6 Å². The van der Waals surface area contributed by atoms with Crippen molar-refractivity contribution in [3.8, 4) is 0 Å². The molecule has 0 saturated carbocycles. The maximum absolute atomic E-state index is 12.3. The first-order chi connectivity index (χ1) is 13.3. The molecule has 28 heavy (non-hydrogen) atoms. The fourth-order valence-corrected chi connectivity index (χ4v) is 3.82. The zero-order valence-corrected chi connectivity index (χ0v) is 16.7. The third-order valence-corrected chi connectivity index (χ3v) is 5.42. The van der Waals surface area contributed by atoms with E-state index in [0.29, 0.717) is 5.82 Å². The van der Waals surface area contributed by atoms with Crippen molar-refractivity contribution in [1.29, 1.82) is 0 Å². The van der Waals surface area contributed by atoms with Gasteiger partial charge in [0.1, 0.15) is 5.82 Å². The fraction of sp³-hybridized carbons (Fsp3) is 0.368. The topological polar surface area (TPSA) is 102 Å². The molecule has 1 aliphatic heterocycles. The number of anilines is 2. The van der Waals surface area contributed by atoms with Gasteiger partial charge in [-0.25, -0.2) is 4.68 Å². The van der Waals surface area contributed by atoms with Crippen LogP contribution in [0.25, 0.3) is 0 Å². The highest BCUT2D eigenvalue weighted by Crippen LogP contribution is 2.36. The number of amides is 2. The van der Waals surface area contributed by atoms with Crippen LogP contribution in [-0.2, 0) is 19.1 Å². The number of thioether (sulfide) groups is 1. The van der Waals surface area contributed by atoms with Crippen LogP contribution in [0, 0.1) is 0 Å². The molecule has 3 rings (SSSR count). The van der Waals surface area contributed by atoms with Gasteiger partial charge in [0.15, 0.2) is 6.10 Å². The lowest BCUT2D eigenvalue weighted by Gasteiger charge is -2.23. The molecule has 148 valence electrons. The van der Waals surface area contributed by atoms with Crippen molar-refractivity contribution in [2.75, 3.05) is 10.6 Å². The van der Waals surface area contributed by atoms with Crippen LogP contribution in [0.4, 0.5) is 11.5 Å². The smallest absolute Gasteiger partial charge is 0.308 e. The Balaban J connectivity index is 1.55. The lowest BCUT2D eigenvalue weighted by atomic mass is 10.2. The van der Waals surface area contributed by atoms with Crippen molar-refractivity contribution in [2.45, 2.75) is 49.5 Å². The average molecular weight is 402 g/mol. The predicted octanol–water partition coefficient (Wildman–Crippen LogP) is 2.84. The second kappa shape index (κ2) is 8.47. The summed E-state index contributed by atoms with van der Waals surface area (Å²) in [5, 5.41) is 9.03. The monoisotopic (exact) mass is 402 g/mol. The summed E-state index contributed by atoms with van der Waals surface area (Å²) < 4.78 is 6.89. The van der Waals surface area contributed by atoms with Gasteiger partial charge in [0, 0.05) is 17.0 Å². The summed E-state index contributed by atoms with van der Waals surface area (Å²) in [6.45, 7) is 5.38. The van der Waals surface area contributed by atoms with Gasteiger partial charge in [-0.3, -0.25) is 14.4 Å². The SMILES string of the molecule is CC(C)n1nccc1NC(=O)[C@H](C)OC(=O)C[C@@H]1Sc2ccccc2NC1=O. The molecule has 1 aromatic carbocycles. The lowest BCUT2D eigenvalue weighted by Crippen LogP contribution is -2.34. The molecular weight excluding hydrogens is 380 g/mol. The van der Waals surface area contributed by atoms with Crippen molar-refractivity contribution >= 4 is 41.1 Å². The molecule has 0 spiro atoms. The standard InChI is InChI=1S/C19H22N4O4S/c1-11(2)23-16(8-9-20-23)22-18(25)12(3)27-17(24)10-15-19(26)21-13-6-4-5-7-14(13)28-15/h4-9,11-12,15H,10H2,1-3H3,(H,21,26)(H,22,25)/t12-,15-/m0/s1. The third-order valence-electron chi connectivity index (χ3n) is 4.15. The molecule has 8 nitrogen and oxygen atoms in total. The first-order valence-electron chi connectivity index (χ1n) is 8.95. The maximum atomic E-state index is 12.3. The number of nitrogens with one attached hydrogen (secondary N) is 2. The second-order valence-electron chi connectivity index (χ2n) is 6.67. The van der Waals surface area contributed by atoms with Crippen LogP contribution >= 0.6 is 11.8 Å². The van der Waals surface area contributed by atoms with Crippen LogP contribution < -0.4 is 10.6 Å². The normalized spacial score (nSPS) is 16.9. The second-order valence-corrected chi connectivity index (χ2v) is 7.92. The Morgan fingerprint density at radius 2 is 2.04 bits per heavy atom. The van der Waals surface area contributed by atoms with Gasteiger partial charge in [-0.05, 0) is 32.9 Å². The van der Waals surface area contributed by atoms with Gasteiger partial charge in [0.25, 0.3) is 5.91 Å². The number of para-hydroxylation sites is 1. The number of esters is 1. The van der Waals surface area contributed by atoms with Crippen molar-refractivity contribution in [1.82, 2.24) is 9.78 Å². The highest BCUT2D eigenvalue weighted by atomic mass is 32.2. The van der Waals surface area contributed by atoms with Crippen molar-refractivity contribution < 1.29 is 19.1 Å². The van der Waals surface area contributed by atoms with Crippen LogP contribution in [-0.4, -0.2) is 38.9 Å². The molecule has 0 radical (unpaired) electrons. The van der Waals surface area contributed by atoms with Crippen LogP contribution in [0.2, 0.25) is 0 Å². The number of ether oxygens (including phenoxy) is 1. The van der Waals surface area contributed by atoms with Gasteiger partial charge >= 0.3 is 5.97 Å². The van der Waals surface area contributed by atoms with Crippen LogP contribution in [0.15, 0.2) is 41.4 Å². The third kappa shape index (κ3) is 4.53. The van der Waals surface area contributed by atoms with E-state index in [1.807, 2.05) is 38.1 Å². The van der Waals surface area contributed by atoms with Crippen molar-refractivity contribution in [3.05, 3.63) is 36.5 Å². The van der Waals surface area contributed by atoms with E-state index in [9.17, 15) is 14.4 Å². The largest absolute Gasteiger partial charge is 0.452 e. The van der Waals surface area contributed by atoms with Crippen LogP contribution in [0.3, 0.4) is 0 Å². The van der Waals surface area contributed by atoms with Gasteiger partial charge in [-0.1, -0.05) is 12.1 Å². The Morgan fingerprint density at radius 3 is 2.79 bits per heavy atom. The maximum Gasteiger partial charge on any atom is 0.308 e. The Hall–Kier alpha value is -2.81. The zero-order chi connectivity index (χ0) is 20.3. The molecule has 2 aromatic rings. The number of nitrogens with zero attached hydrogens (tertiary/aromatic N) is 2. The molecule has 0 saturated heterocycles. The van der Waals surface area contributed by atoms with E-state index in [2.05, 4.69) is 15.7 Å². The highest BCUT2D eigenvalue weighted by molar-refractivity contribution is 8.01. The van der Waals surface area contributed by atoms with E-state index in [1.165, 1.54) is 18.7 Å². The number of fused-ring (bicyclic) bond motifs is 1. The minimum absolute atomic E-state index is 0.0767. The summed E-state index contributed by atoms with van der Waals surface area (Å²) in [6.07, 6.45) is 0.474. The summed E-state index contributed by atoms with van der Waals surface area (Å²) in [6, 6.07) is 9.14. The quantitative estimate of drug-likeness (QED) is 0.721. The fourth-order valence-electron chi connectivity index (χ4n) is 2.73. The number of hydrogen-bond acceptors (Lipinski definition) is 6. The van der Waals surface area contributed by atoms with Crippen molar-refractivity contribution in [3.63, 3.8) is 0 Å². The van der Waals surface area contributed by atoms with Crippen LogP contribution in [0.1, 0.15) is 33.2 Å². The molecule has 1 aliphatic rings. The Kier molecular flexibility index (Phi) is 6.03. The number of rotatable bonds is 6. The van der Waals surface area contributed by atoms with Crippen LogP contribution in [0.5, 0.6) is 0 Å². The van der Waals surface area contributed by atoms with Gasteiger partial charge < -0.3 is 15.4 Å². The van der Waals surface area contributed by atoms with Gasteiger partial charge in [-0.15, -0.1) is 11.8 Å². The molecule has 2 atom stereocenters. The summed E-state index contributed by atoms with van der Waals surface area (Å²) in [4.78, 5) is 37.7. The Morgan fingerprint density at radius 1 is 1.29 bits per heavy atom. The number of hydrogen-bond donors (Lipinski definition) is 2. The van der Waals surface area contributed by atoms with Gasteiger partial charge in [-0.2, -0.15) is 5.10 Å². The average Bonchev–Trinajstić information content (AvgIpc) is 3.10. The molecule has 9 heteroatoms. The molecule has 0 unspecified atom stereocenters. The molecule has 2 N–H and O–H groups in total. The molecule has 2 heterocycles. The van der Waals surface area contributed by atoms with Crippen molar-refractivity contribution in [2.24, 2.45) is 0 Å². The summed E-state index contributed by atoms with van der Waals surface area (Å²) in [7, 11) is 0. The number of carbonyl (C=O) groups is 3. The molecule has 1 aromatic heterocycles. The van der Waals surface area contributed by atoms with E-state index in [4.69, 9.17) is 4.74 Å². The van der Waals surface area contributed by atoms with E-state index < -0.39 is 23.2 Å². The number of carbonyl (C=O) groups excluding carboxylic acids is 3. The number of benzene rings is 1. The summed E-state index contributed by atoms with van der Waals surface area (Å²) in [5.74, 6) is -0.783. The van der Waals surface area contributed by atoms with E-state index in [-0.39, 0.29) is 18.4 Å². The first kappa shape index (κ1) is 19.9. The molecule has 0 bridgehead atoms. The Bertz CT molecular complexity index is 896. The number of aromatic nitrogens is 2. The lowest BCUT2D eigenvalue weighted by molar-refractivity contribution is -0.153. The summed E-state index contributed by atoms with van der Waals surface area (Å²) in [5.41, 5.74) is 0.733. The molecule has 0 aliphatic carbocycles. The molecule has 2 amide bonds. The Labute approximate surface area is 167 Å².